The molecule has 0 heterocycles. The minimum absolute atomic E-state index is 0.490. The van der Waals surface area contributed by atoms with E-state index < -0.39 is 12.0 Å². The van der Waals surface area contributed by atoms with Crippen LogP contribution >= 0.6 is 11.8 Å². The zero-order chi connectivity index (χ0) is 11.8. The van der Waals surface area contributed by atoms with Crippen molar-refractivity contribution in [3.8, 4) is 0 Å². The maximum Gasteiger partial charge on any atom is 0.0675 e. The van der Waals surface area contributed by atoms with Gasteiger partial charge in [0.2, 0.25) is 0 Å². The molecule has 0 rings (SSSR count). The van der Waals surface area contributed by atoms with Gasteiger partial charge in [0.15, 0.2) is 0 Å². The van der Waals surface area contributed by atoms with Gasteiger partial charge < -0.3 is 20.1 Å². The molecule has 5 heteroatoms. The molecule has 0 aliphatic carbocycles. The maximum atomic E-state index is 9.96. The molecule has 0 amide bonds. The number of nitrogens with two attached hydrogens (primary N) is 1. The van der Waals surface area contributed by atoms with E-state index in [4.69, 9.17) is 5.73 Å². The van der Waals surface area contributed by atoms with Crippen molar-refractivity contribution < 1.29 is 14.4 Å². The van der Waals surface area contributed by atoms with Gasteiger partial charge in [-0.1, -0.05) is 0 Å². The number of thioether (sulfide) groups is 1. The Bertz CT molecular complexity index is 151. The lowest BCUT2D eigenvalue weighted by molar-refractivity contribution is -0.849. The Morgan fingerprint density at radius 3 is 2.00 bits per heavy atom. The highest BCUT2D eigenvalue weighted by Crippen LogP contribution is 1.96. The minimum atomic E-state index is -1.16. The van der Waals surface area contributed by atoms with E-state index in [2.05, 4.69) is 28.2 Å². The van der Waals surface area contributed by atoms with Crippen LogP contribution in [-0.2, 0) is 4.79 Å². The fourth-order valence-electron chi connectivity index (χ4n) is 0.363. The molecule has 0 bridgehead atoms. The van der Waals surface area contributed by atoms with Crippen LogP contribution in [0.2, 0.25) is 0 Å². The minimum Gasteiger partial charge on any atom is -0.548 e. The number of nitrogens with zero attached hydrogens (tertiary/aromatic N) is 1. The SMILES string of the molecule is CSCC[C@H](N)C(=O)[O-].C[N+](C)(C)C. The Morgan fingerprint density at radius 2 is 1.79 bits per heavy atom. The summed E-state index contributed by atoms with van der Waals surface area (Å²) >= 11 is 1.58. The first-order valence-corrected chi connectivity index (χ1v) is 5.82. The average molecular weight is 222 g/mol. The third kappa shape index (κ3) is 22.6. The van der Waals surface area contributed by atoms with E-state index in [1.54, 1.807) is 11.8 Å². The van der Waals surface area contributed by atoms with E-state index in [-0.39, 0.29) is 0 Å². The molecule has 86 valence electrons. The number of carbonyl (C=O) groups is 1. The van der Waals surface area contributed by atoms with Gasteiger partial charge in [-0.25, -0.2) is 0 Å². The van der Waals surface area contributed by atoms with Gasteiger partial charge in [0.05, 0.1) is 34.2 Å². The first-order chi connectivity index (χ1) is 6.18. The number of hydrogen-bond donors (Lipinski definition) is 1. The number of rotatable bonds is 4. The standard InChI is InChI=1S/C5H11NO2S.C4H12N/c1-9-3-2-4(6)5(7)8;1-5(2,3)4/h4H,2-3,6H2,1H3,(H,7,8);1-4H3/q;+1/p-1/t4-;/m0./s1. The number of aliphatic carboxylic acids is 1. The quantitative estimate of drug-likeness (QED) is 0.629. The predicted octanol–water partition coefficient (Wildman–Crippen LogP) is -0.861. The lowest BCUT2D eigenvalue weighted by Gasteiger charge is -2.14. The molecule has 0 aromatic rings. The maximum absolute atomic E-state index is 9.96. The number of carboxylic acid groups (broad SMARTS) is 1. The topological polar surface area (TPSA) is 66.2 Å². The number of quaternary nitrogens is 1. The lowest BCUT2D eigenvalue weighted by atomic mass is 10.2. The van der Waals surface area contributed by atoms with Crippen LogP contribution in [0.15, 0.2) is 0 Å². The van der Waals surface area contributed by atoms with Crippen LogP contribution in [0.1, 0.15) is 6.42 Å². The Labute approximate surface area is 91.1 Å². The van der Waals surface area contributed by atoms with Crippen LogP contribution in [0, 0.1) is 0 Å². The van der Waals surface area contributed by atoms with Crippen molar-refractivity contribution in [3.63, 3.8) is 0 Å². The molecule has 0 aliphatic heterocycles. The van der Waals surface area contributed by atoms with E-state index in [9.17, 15) is 9.90 Å². The number of hydrogen-bond acceptors (Lipinski definition) is 4. The summed E-state index contributed by atoms with van der Waals surface area (Å²) in [6.45, 7) is 0. The fraction of sp³-hybridized carbons (Fsp3) is 0.889. The summed E-state index contributed by atoms with van der Waals surface area (Å²) in [5.41, 5.74) is 5.13. The van der Waals surface area contributed by atoms with Crippen LogP contribution in [0.4, 0.5) is 0 Å². The normalized spacial score (nSPS) is 12.7. The van der Waals surface area contributed by atoms with Crippen LogP contribution in [-0.4, -0.2) is 56.7 Å². The van der Waals surface area contributed by atoms with E-state index in [1.165, 1.54) is 0 Å². The van der Waals surface area contributed by atoms with E-state index in [1.807, 2.05) is 6.26 Å². The van der Waals surface area contributed by atoms with Gasteiger partial charge in [-0.2, -0.15) is 11.8 Å². The van der Waals surface area contributed by atoms with Gasteiger partial charge in [-0.15, -0.1) is 0 Å². The van der Waals surface area contributed by atoms with Gasteiger partial charge in [0.25, 0.3) is 0 Å². The lowest BCUT2D eigenvalue weighted by Crippen LogP contribution is -2.42. The van der Waals surface area contributed by atoms with E-state index in [0.717, 1.165) is 10.2 Å². The van der Waals surface area contributed by atoms with Crippen molar-refractivity contribution in [3.05, 3.63) is 0 Å². The molecular formula is C9H22N2O2S. The molecular weight excluding hydrogens is 200 g/mol. The highest BCUT2D eigenvalue weighted by atomic mass is 32.2. The second-order valence-electron chi connectivity index (χ2n) is 4.39. The summed E-state index contributed by atoms with van der Waals surface area (Å²) in [6.07, 6.45) is 2.39. The van der Waals surface area contributed by atoms with Crippen LogP contribution < -0.4 is 10.8 Å². The van der Waals surface area contributed by atoms with Crippen molar-refractivity contribution in [2.24, 2.45) is 5.73 Å². The first kappa shape index (κ1) is 16.2. The molecule has 0 unspecified atom stereocenters. The molecule has 4 nitrogen and oxygen atoms in total. The molecule has 0 aromatic heterocycles. The van der Waals surface area contributed by atoms with Crippen LogP contribution in [0.5, 0.6) is 0 Å². The second-order valence-corrected chi connectivity index (χ2v) is 5.38. The Hall–Kier alpha value is -0.260. The molecule has 0 saturated heterocycles. The highest BCUT2D eigenvalue weighted by Gasteiger charge is 2.00. The fourth-order valence-corrected chi connectivity index (χ4v) is 0.852. The van der Waals surface area contributed by atoms with Crippen molar-refractivity contribution in [1.82, 2.24) is 0 Å². The van der Waals surface area contributed by atoms with Crippen molar-refractivity contribution in [2.75, 3.05) is 40.2 Å². The monoisotopic (exact) mass is 222 g/mol. The van der Waals surface area contributed by atoms with Crippen LogP contribution in [0.25, 0.3) is 0 Å². The molecule has 0 spiro atoms. The third-order valence-electron chi connectivity index (χ3n) is 0.936. The summed E-state index contributed by atoms with van der Waals surface area (Å²) in [5, 5.41) is 9.96. The predicted molar refractivity (Wildman–Crippen MR) is 59.9 cm³/mol. The van der Waals surface area contributed by atoms with Gasteiger partial charge in [-0.05, 0) is 18.4 Å². The summed E-state index contributed by atoms with van der Waals surface area (Å²) in [6, 6.07) is -0.794. The third-order valence-corrected chi connectivity index (χ3v) is 1.58. The summed E-state index contributed by atoms with van der Waals surface area (Å²) in [5.74, 6) is -0.390. The first-order valence-electron chi connectivity index (χ1n) is 4.42. The summed E-state index contributed by atoms with van der Waals surface area (Å²) in [7, 11) is 8.50. The zero-order valence-corrected chi connectivity index (χ0v) is 10.6. The second kappa shape index (κ2) is 8.08. The smallest absolute Gasteiger partial charge is 0.0675 e. The van der Waals surface area contributed by atoms with Crippen molar-refractivity contribution in [1.29, 1.82) is 0 Å². The van der Waals surface area contributed by atoms with E-state index in [0.29, 0.717) is 6.42 Å². The van der Waals surface area contributed by atoms with Gasteiger partial charge in [-0.3, -0.25) is 0 Å². The molecule has 0 aliphatic rings. The van der Waals surface area contributed by atoms with Crippen LogP contribution in [0.3, 0.4) is 0 Å². The summed E-state index contributed by atoms with van der Waals surface area (Å²) in [4.78, 5) is 9.96. The Kier molecular flexibility index (Phi) is 9.34. The average Bonchev–Trinajstić information content (AvgIpc) is 1.96. The number of carbonyl (C=O) groups excluding carboxylic acids is 1. The molecule has 14 heavy (non-hydrogen) atoms. The van der Waals surface area contributed by atoms with Gasteiger partial charge in [0.1, 0.15) is 0 Å². The van der Waals surface area contributed by atoms with Gasteiger partial charge >= 0.3 is 0 Å². The molecule has 0 aromatic carbocycles. The molecule has 0 fully saturated rings. The van der Waals surface area contributed by atoms with E-state index >= 15 is 0 Å². The zero-order valence-electron chi connectivity index (χ0n) is 9.74. The van der Waals surface area contributed by atoms with Gasteiger partial charge in [0, 0.05) is 6.04 Å². The molecule has 1 atom stereocenters. The van der Waals surface area contributed by atoms with Crippen molar-refractivity contribution >= 4 is 17.7 Å². The largest absolute Gasteiger partial charge is 0.548 e. The molecule has 2 N–H and O–H groups in total. The Morgan fingerprint density at radius 1 is 1.43 bits per heavy atom. The van der Waals surface area contributed by atoms with Crippen molar-refractivity contribution in [2.45, 2.75) is 12.5 Å². The molecule has 0 radical (unpaired) electrons. The Balaban J connectivity index is 0. The summed E-state index contributed by atoms with van der Waals surface area (Å²) < 4.78 is 1.00. The number of carboxylic acids is 1. The highest BCUT2D eigenvalue weighted by molar-refractivity contribution is 7.98. The molecule has 0 saturated carbocycles.